The SMILES string of the molecule is Nc1nc(Cl)c([N+](=O)[O-])cc1[N+](=O)[O-]. The van der Waals surface area contributed by atoms with Gasteiger partial charge in [-0.3, -0.25) is 20.2 Å². The lowest BCUT2D eigenvalue weighted by atomic mass is 10.3. The lowest BCUT2D eigenvalue weighted by Gasteiger charge is -1.97. The van der Waals surface area contributed by atoms with E-state index in [1.165, 1.54) is 0 Å². The highest BCUT2D eigenvalue weighted by Crippen LogP contribution is 2.30. The zero-order chi connectivity index (χ0) is 10.9. The van der Waals surface area contributed by atoms with Crippen LogP contribution < -0.4 is 5.73 Å². The minimum absolute atomic E-state index is 0.453. The Morgan fingerprint density at radius 2 is 1.79 bits per heavy atom. The summed E-state index contributed by atoms with van der Waals surface area (Å²) >= 11 is 5.35. The number of anilines is 1. The Morgan fingerprint density at radius 1 is 1.29 bits per heavy atom. The van der Waals surface area contributed by atoms with Crippen molar-refractivity contribution in [3.8, 4) is 0 Å². The van der Waals surface area contributed by atoms with Gasteiger partial charge in [-0.2, -0.15) is 0 Å². The Labute approximate surface area is 81.6 Å². The van der Waals surface area contributed by atoms with Crippen LogP contribution in [0.2, 0.25) is 5.15 Å². The zero-order valence-corrected chi connectivity index (χ0v) is 7.26. The van der Waals surface area contributed by atoms with Gasteiger partial charge in [0.2, 0.25) is 11.0 Å². The molecule has 2 N–H and O–H groups in total. The number of nitrogens with zero attached hydrogens (tertiary/aromatic N) is 3. The molecular formula is C5H3ClN4O4. The van der Waals surface area contributed by atoms with E-state index < -0.39 is 32.2 Å². The van der Waals surface area contributed by atoms with Crippen molar-refractivity contribution in [3.63, 3.8) is 0 Å². The standard InChI is InChI=1S/C5H3ClN4O4/c6-4-2(9(11)12)1-3(10(13)14)5(7)8-4/h1H,(H2,7,8). The minimum atomic E-state index is -0.873. The molecule has 1 rings (SSSR count). The average Bonchev–Trinajstić information content (AvgIpc) is 2.02. The molecule has 0 saturated carbocycles. The van der Waals surface area contributed by atoms with Crippen molar-refractivity contribution in [2.45, 2.75) is 0 Å². The van der Waals surface area contributed by atoms with Gasteiger partial charge in [0.25, 0.3) is 0 Å². The molecule has 0 fully saturated rings. The van der Waals surface area contributed by atoms with Gasteiger partial charge in [-0.15, -0.1) is 0 Å². The third-order valence-electron chi connectivity index (χ3n) is 1.36. The zero-order valence-electron chi connectivity index (χ0n) is 6.51. The second-order valence-corrected chi connectivity index (χ2v) is 2.57. The van der Waals surface area contributed by atoms with Crippen LogP contribution in [0, 0.1) is 20.2 Å². The molecule has 0 saturated heterocycles. The summed E-state index contributed by atoms with van der Waals surface area (Å²) in [5, 5.41) is 20.2. The van der Waals surface area contributed by atoms with Crippen LogP contribution in [-0.4, -0.2) is 14.8 Å². The van der Waals surface area contributed by atoms with Gasteiger partial charge in [0.1, 0.15) is 6.07 Å². The Balaban J connectivity index is 3.42. The maximum atomic E-state index is 10.3. The van der Waals surface area contributed by atoms with Gasteiger partial charge in [-0.1, -0.05) is 11.6 Å². The van der Waals surface area contributed by atoms with Crippen molar-refractivity contribution >= 4 is 28.8 Å². The topological polar surface area (TPSA) is 125 Å². The average molecular weight is 219 g/mol. The van der Waals surface area contributed by atoms with E-state index in [0.29, 0.717) is 6.07 Å². The Hall–Kier alpha value is -1.96. The summed E-state index contributed by atoms with van der Waals surface area (Å²) in [4.78, 5) is 22.2. The van der Waals surface area contributed by atoms with E-state index in [1.807, 2.05) is 0 Å². The first kappa shape index (κ1) is 10.1. The van der Waals surface area contributed by atoms with Gasteiger partial charge in [0, 0.05) is 0 Å². The van der Waals surface area contributed by atoms with Gasteiger partial charge in [-0.25, -0.2) is 4.98 Å². The third kappa shape index (κ3) is 1.69. The fraction of sp³-hybridized carbons (Fsp3) is 0. The maximum Gasteiger partial charge on any atom is 0.318 e. The van der Waals surface area contributed by atoms with Crippen LogP contribution in [0.1, 0.15) is 0 Å². The van der Waals surface area contributed by atoms with Gasteiger partial charge >= 0.3 is 11.4 Å². The molecule has 74 valence electrons. The molecule has 0 unspecified atom stereocenters. The summed E-state index contributed by atoms with van der Waals surface area (Å²) in [6.07, 6.45) is 0. The van der Waals surface area contributed by atoms with E-state index >= 15 is 0 Å². The first-order chi connectivity index (χ1) is 6.43. The molecule has 0 radical (unpaired) electrons. The van der Waals surface area contributed by atoms with Gasteiger partial charge in [0.05, 0.1) is 9.85 Å². The number of hydrogen-bond acceptors (Lipinski definition) is 6. The Kier molecular flexibility index (Phi) is 2.47. The molecule has 0 amide bonds. The lowest BCUT2D eigenvalue weighted by Crippen LogP contribution is -2.01. The second kappa shape index (κ2) is 3.42. The minimum Gasteiger partial charge on any atom is -0.378 e. The quantitative estimate of drug-likeness (QED) is 0.451. The van der Waals surface area contributed by atoms with E-state index in [1.54, 1.807) is 0 Å². The maximum absolute atomic E-state index is 10.3. The van der Waals surface area contributed by atoms with E-state index in [4.69, 9.17) is 17.3 Å². The van der Waals surface area contributed by atoms with Crippen LogP contribution in [0.4, 0.5) is 17.2 Å². The summed E-state index contributed by atoms with van der Waals surface area (Å²) in [5.41, 5.74) is 3.85. The fourth-order valence-corrected chi connectivity index (χ4v) is 0.972. The molecule has 0 bridgehead atoms. The number of nitrogen functional groups attached to an aromatic ring is 1. The predicted octanol–water partition coefficient (Wildman–Crippen LogP) is 1.13. The number of pyridine rings is 1. The molecule has 9 heteroatoms. The largest absolute Gasteiger partial charge is 0.378 e. The van der Waals surface area contributed by atoms with E-state index in [0.717, 1.165) is 0 Å². The molecule has 0 atom stereocenters. The number of aromatic nitrogens is 1. The predicted molar refractivity (Wildman–Crippen MR) is 47.0 cm³/mol. The molecule has 8 nitrogen and oxygen atoms in total. The number of rotatable bonds is 2. The first-order valence-electron chi connectivity index (χ1n) is 3.18. The van der Waals surface area contributed by atoms with Crippen LogP contribution >= 0.6 is 11.6 Å². The normalized spacial score (nSPS) is 9.79. The van der Waals surface area contributed by atoms with Crippen LogP contribution in [0.3, 0.4) is 0 Å². The summed E-state index contributed by atoms with van der Waals surface area (Å²) in [7, 11) is 0. The van der Waals surface area contributed by atoms with Crippen molar-refractivity contribution in [1.82, 2.24) is 4.98 Å². The van der Waals surface area contributed by atoms with E-state index in [9.17, 15) is 20.2 Å². The number of nitrogens with two attached hydrogens (primary N) is 1. The van der Waals surface area contributed by atoms with Crippen LogP contribution in [0.25, 0.3) is 0 Å². The van der Waals surface area contributed by atoms with Crippen molar-refractivity contribution in [2.24, 2.45) is 0 Å². The highest BCUT2D eigenvalue weighted by molar-refractivity contribution is 6.31. The summed E-state index contributed by atoms with van der Waals surface area (Å²) < 4.78 is 0. The molecule has 1 aromatic rings. The van der Waals surface area contributed by atoms with Crippen molar-refractivity contribution in [1.29, 1.82) is 0 Å². The van der Waals surface area contributed by atoms with Crippen LogP contribution in [0.15, 0.2) is 6.07 Å². The number of hydrogen-bond donors (Lipinski definition) is 1. The highest BCUT2D eigenvalue weighted by Gasteiger charge is 2.23. The summed E-state index contributed by atoms with van der Waals surface area (Å²) in [6, 6.07) is 0.671. The van der Waals surface area contributed by atoms with Gasteiger partial charge in [-0.05, 0) is 0 Å². The summed E-state index contributed by atoms with van der Waals surface area (Å²) in [5.74, 6) is -0.453. The monoisotopic (exact) mass is 218 g/mol. The molecule has 14 heavy (non-hydrogen) atoms. The van der Waals surface area contributed by atoms with Crippen LogP contribution in [-0.2, 0) is 0 Å². The molecule has 0 aliphatic rings. The molecule has 1 aromatic heterocycles. The Bertz CT molecular complexity index is 385. The highest BCUT2D eigenvalue weighted by atomic mass is 35.5. The lowest BCUT2D eigenvalue weighted by molar-refractivity contribution is -0.394. The molecular weight excluding hydrogens is 216 g/mol. The van der Waals surface area contributed by atoms with Crippen molar-refractivity contribution < 1.29 is 9.85 Å². The third-order valence-corrected chi connectivity index (χ3v) is 1.64. The molecule has 0 aliphatic heterocycles. The molecule has 0 aliphatic carbocycles. The van der Waals surface area contributed by atoms with Crippen molar-refractivity contribution in [3.05, 3.63) is 31.4 Å². The van der Waals surface area contributed by atoms with Crippen LogP contribution in [0.5, 0.6) is 0 Å². The Morgan fingerprint density at radius 3 is 2.21 bits per heavy atom. The fourth-order valence-electron chi connectivity index (χ4n) is 0.758. The van der Waals surface area contributed by atoms with E-state index in [2.05, 4.69) is 4.98 Å². The smallest absolute Gasteiger partial charge is 0.318 e. The number of nitro groups is 2. The molecule has 0 aromatic carbocycles. The van der Waals surface area contributed by atoms with Gasteiger partial charge in [0.15, 0.2) is 0 Å². The second-order valence-electron chi connectivity index (χ2n) is 2.22. The first-order valence-corrected chi connectivity index (χ1v) is 3.56. The molecule has 0 spiro atoms. The number of halogens is 1. The summed E-state index contributed by atoms with van der Waals surface area (Å²) in [6.45, 7) is 0. The molecule has 1 heterocycles. The van der Waals surface area contributed by atoms with E-state index in [-0.39, 0.29) is 0 Å². The van der Waals surface area contributed by atoms with Gasteiger partial charge < -0.3 is 5.73 Å². The van der Waals surface area contributed by atoms with Crippen molar-refractivity contribution in [2.75, 3.05) is 5.73 Å².